The van der Waals surface area contributed by atoms with Crippen LogP contribution in [0.4, 0.5) is 11.5 Å². The van der Waals surface area contributed by atoms with E-state index in [1.165, 1.54) is 12.3 Å². The van der Waals surface area contributed by atoms with Gasteiger partial charge in [-0.25, -0.2) is 4.98 Å². The molecule has 0 bridgehead atoms. The fourth-order valence-corrected chi connectivity index (χ4v) is 1.13. The maximum Gasteiger partial charge on any atom is 0.277 e. The van der Waals surface area contributed by atoms with Crippen LogP contribution in [0.25, 0.3) is 0 Å². The van der Waals surface area contributed by atoms with Crippen molar-refractivity contribution < 1.29 is 4.92 Å². The molecule has 0 amide bonds. The maximum atomic E-state index is 10.7. The van der Waals surface area contributed by atoms with Crippen LogP contribution in [0.2, 0.25) is 0 Å². The highest BCUT2D eigenvalue weighted by atomic mass is 16.6. The maximum absolute atomic E-state index is 10.7. The third-order valence-corrected chi connectivity index (χ3v) is 2.07. The largest absolute Gasteiger partial charge is 0.354 e. The van der Waals surface area contributed by atoms with Gasteiger partial charge >= 0.3 is 0 Å². The average Bonchev–Trinajstić information content (AvgIpc) is 2.20. The molecule has 0 fully saturated rings. The summed E-state index contributed by atoms with van der Waals surface area (Å²) in [7, 11) is 0. The Morgan fingerprint density at radius 3 is 2.75 bits per heavy atom. The normalized spacial score (nSPS) is 10.6. The lowest BCUT2D eigenvalue weighted by Gasteiger charge is -2.20. The molecule has 1 aromatic rings. The van der Waals surface area contributed by atoms with Gasteiger partial charge in [0.1, 0.15) is 5.82 Å². The van der Waals surface area contributed by atoms with E-state index in [-0.39, 0.29) is 5.69 Å². The van der Waals surface area contributed by atoms with E-state index in [0.717, 1.165) is 0 Å². The topological polar surface area (TPSA) is 68.1 Å². The van der Waals surface area contributed by atoms with Crippen molar-refractivity contribution in [2.75, 3.05) is 5.32 Å². The first-order chi connectivity index (χ1) is 7.35. The molecule has 1 rings (SSSR count). The number of aromatic nitrogens is 1. The van der Waals surface area contributed by atoms with Gasteiger partial charge < -0.3 is 5.32 Å². The molecule has 0 saturated heterocycles. The second kappa shape index (κ2) is 4.19. The second-order valence-corrected chi connectivity index (χ2v) is 4.01. The molecular formula is C11H13N3O2. The van der Waals surface area contributed by atoms with Crippen molar-refractivity contribution >= 4 is 11.5 Å². The van der Waals surface area contributed by atoms with E-state index >= 15 is 0 Å². The van der Waals surface area contributed by atoms with E-state index in [0.29, 0.717) is 11.4 Å². The van der Waals surface area contributed by atoms with Crippen LogP contribution in [0, 0.1) is 29.4 Å². The van der Waals surface area contributed by atoms with E-state index < -0.39 is 10.5 Å². The quantitative estimate of drug-likeness (QED) is 0.480. The number of rotatable bonds is 3. The van der Waals surface area contributed by atoms with Crippen molar-refractivity contribution in [3.05, 3.63) is 27.9 Å². The lowest BCUT2D eigenvalue weighted by molar-refractivity contribution is -0.385. The molecule has 1 N–H and O–H groups in total. The van der Waals surface area contributed by atoms with E-state index in [1.807, 2.05) is 0 Å². The molecule has 0 aliphatic carbocycles. The molecule has 0 aliphatic rings. The van der Waals surface area contributed by atoms with Gasteiger partial charge in [-0.05, 0) is 20.8 Å². The number of terminal acetylenes is 1. The first kappa shape index (κ1) is 12.0. The Morgan fingerprint density at radius 2 is 2.25 bits per heavy atom. The zero-order chi connectivity index (χ0) is 12.3. The van der Waals surface area contributed by atoms with Crippen LogP contribution in [0.3, 0.4) is 0 Å². The first-order valence-corrected chi connectivity index (χ1v) is 4.73. The summed E-state index contributed by atoms with van der Waals surface area (Å²) in [5, 5.41) is 13.7. The molecule has 5 nitrogen and oxygen atoms in total. The highest BCUT2D eigenvalue weighted by molar-refractivity contribution is 5.51. The summed E-state index contributed by atoms with van der Waals surface area (Å²) in [4.78, 5) is 14.3. The molecule has 84 valence electrons. The molecule has 0 radical (unpaired) electrons. The molecule has 1 aromatic heterocycles. The summed E-state index contributed by atoms with van der Waals surface area (Å²) in [5.74, 6) is 2.94. The summed E-state index contributed by atoms with van der Waals surface area (Å²) < 4.78 is 0. The molecule has 16 heavy (non-hydrogen) atoms. The minimum absolute atomic E-state index is 0.0327. The van der Waals surface area contributed by atoms with Crippen molar-refractivity contribution in [3.8, 4) is 12.3 Å². The van der Waals surface area contributed by atoms with Gasteiger partial charge in [-0.1, -0.05) is 5.92 Å². The number of pyridine rings is 1. The van der Waals surface area contributed by atoms with Gasteiger partial charge in [0, 0.05) is 11.8 Å². The Morgan fingerprint density at radius 1 is 1.62 bits per heavy atom. The number of nitrogens with one attached hydrogen (secondary N) is 1. The Hall–Kier alpha value is -2.09. The highest BCUT2D eigenvalue weighted by Gasteiger charge is 2.17. The number of hydrogen-bond donors (Lipinski definition) is 1. The lowest BCUT2D eigenvalue weighted by Crippen LogP contribution is -2.28. The smallest absolute Gasteiger partial charge is 0.277 e. The number of nitrogens with zero attached hydrogens (tertiary/aromatic N) is 2. The van der Waals surface area contributed by atoms with Crippen LogP contribution in [0.15, 0.2) is 12.3 Å². The Balaban J connectivity index is 3.06. The highest BCUT2D eigenvalue weighted by Crippen LogP contribution is 2.21. The van der Waals surface area contributed by atoms with Gasteiger partial charge in [0.15, 0.2) is 0 Å². The molecule has 0 atom stereocenters. The molecule has 1 heterocycles. The second-order valence-electron chi connectivity index (χ2n) is 4.01. The summed E-state index contributed by atoms with van der Waals surface area (Å²) in [6.45, 7) is 5.22. The predicted octanol–water partition coefficient (Wildman–Crippen LogP) is 2.12. The molecule has 0 aliphatic heterocycles. The van der Waals surface area contributed by atoms with Crippen molar-refractivity contribution in [1.29, 1.82) is 0 Å². The molecule has 0 unspecified atom stereocenters. The third kappa shape index (κ3) is 2.70. The van der Waals surface area contributed by atoms with Crippen molar-refractivity contribution in [3.63, 3.8) is 0 Å². The Labute approximate surface area is 94.0 Å². The summed E-state index contributed by atoms with van der Waals surface area (Å²) >= 11 is 0. The van der Waals surface area contributed by atoms with E-state index in [1.54, 1.807) is 20.8 Å². The standard InChI is InChI=1S/C11H13N3O2/c1-5-11(3,4)13-10-6-9(14(15)16)8(2)7-12-10/h1,6-7H,2-4H3,(H,12,13). The van der Waals surface area contributed by atoms with E-state index in [9.17, 15) is 10.1 Å². The number of nitro groups is 1. The van der Waals surface area contributed by atoms with Gasteiger partial charge in [0.05, 0.1) is 16.5 Å². The van der Waals surface area contributed by atoms with Gasteiger partial charge in [0.2, 0.25) is 0 Å². The van der Waals surface area contributed by atoms with E-state index in [4.69, 9.17) is 6.42 Å². The summed E-state index contributed by atoms with van der Waals surface area (Å²) in [6.07, 6.45) is 6.76. The zero-order valence-electron chi connectivity index (χ0n) is 9.44. The predicted molar refractivity (Wildman–Crippen MR) is 62.2 cm³/mol. The average molecular weight is 219 g/mol. The Kier molecular flexibility index (Phi) is 3.14. The van der Waals surface area contributed by atoms with Crippen LogP contribution in [0.5, 0.6) is 0 Å². The fourth-order valence-electron chi connectivity index (χ4n) is 1.13. The molecule has 5 heteroatoms. The zero-order valence-corrected chi connectivity index (χ0v) is 9.44. The van der Waals surface area contributed by atoms with Crippen LogP contribution in [-0.2, 0) is 0 Å². The van der Waals surface area contributed by atoms with Gasteiger partial charge in [-0.2, -0.15) is 0 Å². The van der Waals surface area contributed by atoms with Crippen LogP contribution in [0.1, 0.15) is 19.4 Å². The Bertz CT molecular complexity index is 461. The van der Waals surface area contributed by atoms with Gasteiger partial charge in [-0.15, -0.1) is 6.42 Å². The van der Waals surface area contributed by atoms with Crippen LogP contribution >= 0.6 is 0 Å². The summed E-state index contributed by atoms with van der Waals surface area (Å²) in [5.41, 5.74) is -0.0322. The van der Waals surface area contributed by atoms with Crippen LogP contribution < -0.4 is 5.32 Å². The van der Waals surface area contributed by atoms with Gasteiger partial charge in [0.25, 0.3) is 5.69 Å². The fraction of sp³-hybridized carbons (Fsp3) is 0.364. The molecular weight excluding hydrogens is 206 g/mol. The van der Waals surface area contributed by atoms with Crippen molar-refractivity contribution in [2.24, 2.45) is 0 Å². The van der Waals surface area contributed by atoms with Gasteiger partial charge in [-0.3, -0.25) is 10.1 Å². The lowest BCUT2D eigenvalue weighted by atomic mass is 10.1. The van der Waals surface area contributed by atoms with Crippen molar-refractivity contribution in [1.82, 2.24) is 4.98 Å². The molecule has 0 aromatic carbocycles. The number of anilines is 1. The van der Waals surface area contributed by atoms with E-state index in [2.05, 4.69) is 16.2 Å². The molecule has 0 spiro atoms. The monoisotopic (exact) mass is 219 g/mol. The minimum atomic E-state index is -0.587. The molecule has 0 saturated carbocycles. The SMILES string of the molecule is C#CC(C)(C)Nc1cc([N+](=O)[O-])c(C)cn1. The minimum Gasteiger partial charge on any atom is -0.354 e. The first-order valence-electron chi connectivity index (χ1n) is 4.73. The van der Waals surface area contributed by atoms with Crippen LogP contribution in [-0.4, -0.2) is 15.4 Å². The third-order valence-electron chi connectivity index (χ3n) is 2.07. The summed E-state index contributed by atoms with van der Waals surface area (Å²) in [6, 6.07) is 1.38. The number of aryl methyl sites for hydroxylation is 1. The number of hydrogen-bond acceptors (Lipinski definition) is 4. The van der Waals surface area contributed by atoms with Crippen molar-refractivity contribution in [2.45, 2.75) is 26.3 Å².